The lowest BCUT2D eigenvalue weighted by atomic mass is 10.1. The predicted octanol–water partition coefficient (Wildman–Crippen LogP) is 3.11. The summed E-state index contributed by atoms with van der Waals surface area (Å²) in [6, 6.07) is 6.13. The van der Waals surface area contributed by atoms with Crippen LogP contribution in [-0.2, 0) is 0 Å². The number of nitriles is 1. The Bertz CT molecular complexity index is 464. The Hall–Kier alpha value is -1.86. The first-order chi connectivity index (χ1) is 7.69. The molecule has 1 aromatic rings. The maximum Gasteiger partial charge on any atom is 0.270 e. The topological polar surface area (TPSA) is 66.9 Å². The number of non-ortho nitro benzene ring substituents is 1. The molecule has 0 unspecified atom stereocenters. The van der Waals surface area contributed by atoms with Crippen LogP contribution in [0.15, 0.2) is 24.3 Å². The number of hydrogen-bond donors (Lipinski definition) is 0. The van der Waals surface area contributed by atoms with Gasteiger partial charge in [0.15, 0.2) is 0 Å². The zero-order valence-electron chi connectivity index (χ0n) is 8.39. The smallest absolute Gasteiger partial charge is 0.258 e. The monoisotopic (exact) mass is 236 g/mol. The fourth-order valence-corrected chi connectivity index (χ4v) is 1.30. The average Bonchev–Trinajstić information content (AvgIpc) is 2.29. The number of alkyl halides is 1. The van der Waals surface area contributed by atoms with Gasteiger partial charge in [0.1, 0.15) is 6.07 Å². The van der Waals surface area contributed by atoms with Gasteiger partial charge in [-0.2, -0.15) is 5.26 Å². The standard InChI is InChI=1S/C11H9ClN2O2/c12-6-2-1-3-9-4-5-11(14(15)16)7-10(9)8-13/h1,3-5,7H,2,6H2. The molecule has 0 aliphatic rings. The van der Waals surface area contributed by atoms with Gasteiger partial charge in [-0.3, -0.25) is 10.1 Å². The van der Waals surface area contributed by atoms with Gasteiger partial charge in [-0.1, -0.05) is 12.2 Å². The van der Waals surface area contributed by atoms with E-state index in [1.807, 2.05) is 12.1 Å². The van der Waals surface area contributed by atoms with E-state index in [-0.39, 0.29) is 5.69 Å². The molecule has 16 heavy (non-hydrogen) atoms. The van der Waals surface area contributed by atoms with Gasteiger partial charge in [-0.25, -0.2) is 0 Å². The Morgan fingerprint density at radius 2 is 2.31 bits per heavy atom. The third-order valence-corrected chi connectivity index (χ3v) is 2.16. The summed E-state index contributed by atoms with van der Waals surface area (Å²) in [6.45, 7) is 0. The van der Waals surface area contributed by atoms with E-state index < -0.39 is 4.92 Å². The quantitative estimate of drug-likeness (QED) is 0.458. The predicted molar refractivity (Wildman–Crippen MR) is 62.2 cm³/mol. The lowest BCUT2D eigenvalue weighted by Crippen LogP contribution is -1.90. The van der Waals surface area contributed by atoms with E-state index in [0.717, 1.165) is 0 Å². The minimum atomic E-state index is -0.521. The zero-order valence-corrected chi connectivity index (χ0v) is 9.15. The summed E-state index contributed by atoms with van der Waals surface area (Å²) in [4.78, 5) is 9.98. The molecule has 0 N–H and O–H groups in total. The van der Waals surface area contributed by atoms with Crippen molar-refractivity contribution in [1.82, 2.24) is 0 Å². The highest BCUT2D eigenvalue weighted by Gasteiger charge is 2.08. The first-order valence-electron chi connectivity index (χ1n) is 4.60. The van der Waals surface area contributed by atoms with E-state index >= 15 is 0 Å². The number of hydrogen-bond acceptors (Lipinski definition) is 3. The largest absolute Gasteiger partial charge is 0.270 e. The minimum Gasteiger partial charge on any atom is -0.258 e. The van der Waals surface area contributed by atoms with Gasteiger partial charge in [-0.15, -0.1) is 11.6 Å². The first-order valence-corrected chi connectivity index (χ1v) is 5.13. The van der Waals surface area contributed by atoms with Crippen LogP contribution in [0.4, 0.5) is 5.69 Å². The summed E-state index contributed by atoms with van der Waals surface area (Å²) in [5.74, 6) is 0.505. The molecule has 0 radical (unpaired) electrons. The summed E-state index contributed by atoms with van der Waals surface area (Å²) in [7, 11) is 0. The lowest BCUT2D eigenvalue weighted by molar-refractivity contribution is -0.384. The molecule has 0 aromatic heterocycles. The molecule has 0 fully saturated rings. The zero-order chi connectivity index (χ0) is 12.0. The second kappa shape index (κ2) is 5.89. The molecule has 0 spiro atoms. The maximum absolute atomic E-state index is 10.5. The first kappa shape index (κ1) is 12.2. The minimum absolute atomic E-state index is 0.0777. The molecule has 0 saturated heterocycles. The van der Waals surface area contributed by atoms with Crippen molar-refractivity contribution in [3.8, 4) is 6.07 Å². The molecule has 1 aromatic carbocycles. The molecule has 0 amide bonds. The summed E-state index contributed by atoms with van der Waals surface area (Å²) < 4.78 is 0. The number of nitro groups is 1. The fourth-order valence-electron chi connectivity index (χ4n) is 1.17. The van der Waals surface area contributed by atoms with Crippen molar-refractivity contribution < 1.29 is 4.92 Å². The van der Waals surface area contributed by atoms with Crippen LogP contribution in [0.1, 0.15) is 17.5 Å². The third-order valence-electron chi connectivity index (χ3n) is 1.94. The van der Waals surface area contributed by atoms with Gasteiger partial charge in [0.05, 0.1) is 10.5 Å². The molecule has 0 aliphatic carbocycles. The second-order valence-electron chi connectivity index (χ2n) is 3.02. The number of allylic oxidation sites excluding steroid dienone is 1. The molecule has 4 nitrogen and oxygen atoms in total. The summed E-state index contributed by atoms with van der Waals surface area (Å²) in [5.41, 5.74) is 0.879. The molecular weight excluding hydrogens is 228 g/mol. The third kappa shape index (κ3) is 3.07. The summed E-state index contributed by atoms with van der Waals surface area (Å²) >= 11 is 5.50. The number of nitrogens with zero attached hydrogens (tertiary/aromatic N) is 2. The average molecular weight is 237 g/mol. The van der Waals surface area contributed by atoms with Crippen LogP contribution in [0, 0.1) is 21.4 Å². The van der Waals surface area contributed by atoms with Crippen LogP contribution in [-0.4, -0.2) is 10.8 Å². The fraction of sp³-hybridized carbons (Fsp3) is 0.182. The van der Waals surface area contributed by atoms with Gasteiger partial charge in [0.25, 0.3) is 5.69 Å². The van der Waals surface area contributed by atoms with Crippen LogP contribution in [0.25, 0.3) is 6.08 Å². The van der Waals surface area contributed by atoms with E-state index in [0.29, 0.717) is 23.4 Å². The molecule has 0 atom stereocenters. The van der Waals surface area contributed by atoms with E-state index in [1.54, 1.807) is 12.1 Å². The van der Waals surface area contributed by atoms with Crippen molar-refractivity contribution in [1.29, 1.82) is 5.26 Å². The highest BCUT2D eigenvalue weighted by molar-refractivity contribution is 6.17. The van der Waals surface area contributed by atoms with E-state index in [1.165, 1.54) is 12.1 Å². The molecule has 5 heteroatoms. The van der Waals surface area contributed by atoms with Crippen molar-refractivity contribution in [3.05, 3.63) is 45.5 Å². The van der Waals surface area contributed by atoms with Gasteiger partial charge in [0.2, 0.25) is 0 Å². The van der Waals surface area contributed by atoms with E-state index in [4.69, 9.17) is 16.9 Å². The van der Waals surface area contributed by atoms with Crippen LogP contribution in [0.2, 0.25) is 0 Å². The highest BCUT2D eigenvalue weighted by Crippen LogP contribution is 2.18. The number of nitro benzene ring substituents is 1. The summed E-state index contributed by atoms with van der Waals surface area (Å²) in [5, 5.41) is 19.4. The molecule has 82 valence electrons. The van der Waals surface area contributed by atoms with Crippen LogP contribution in [0.5, 0.6) is 0 Å². The van der Waals surface area contributed by atoms with Crippen LogP contribution >= 0.6 is 11.6 Å². The van der Waals surface area contributed by atoms with Crippen LogP contribution < -0.4 is 0 Å². The summed E-state index contributed by atoms with van der Waals surface area (Å²) in [6.07, 6.45) is 4.27. The Morgan fingerprint density at radius 1 is 1.56 bits per heavy atom. The van der Waals surface area contributed by atoms with Gasteiger partial charge < -0.3 is 0 Å². The number of benzene rings is 1. The van der Waals surface area contributed by atoms with Gasteiger partial charge >= 0.3 is 0 Å². The van der Waals surface area contributed by atoms with Crippen molar-refractivity contribution in [2.45, 2.75) is 6.42 Å². The maximum atomic E-state index is 10.5. The molecule has 0 aliphatic heterocycles. The second-order valence-corrected chi connectivity index (χ2v) is 3.40. The molecular formula is C11H9ClN2O2. The Morgan fingerprint density at radius 3 is 2.88 bits per heavy atom. The van der Waals surface area contributed by atoms with Gasteiger partial charge in [-0.05, 0) is 18.1 Å². The van der Waals surface area contributed by atoms with E-state index in [9.17, 15) is 10.1 Å². The SMILES string of the molecule is N#Cc1cc([N+](=O)[O-])ccc1C=CCCCl. The van der Waals surface area contributed by atoms with Gasteiger partial charge in [0, 0.05) is 18.0 Å². The van der Waals surface area contributed by atoms with Crippen LogP contribution in [0.3, 0.4) is 0 Å². The van der Waals surface area contributed by atoms with E-state index in [2.05, 4.69) is 0 Å². The molecule has 0 saturated carbocycles. The van der Waals surface area contributed by atoms with Crippen molar-refractivity contribution >= 4 is 23.4 Å². The normalized spacial score (nSPS) is 10.2. The van der Waals surface area contributed by atoms with Crippen molar-refractivity contribution in [2.75, 3.05) is 5.88 Å². The number of rotatable bonds is 4. The molecule has 0 bridgehead atoms. The van der Waals surface area contributed by atoms with Crippen molar-refractivity contribution in [3.63, 3.8) is 0 Å². The molecule has 0 heterocycles. The number of halogens is 1. The Balaban J connectivity index is 3.03. The molecule has 1 rings (SSSR count). The Kier molecular flexibility index (Phi) is 4.49. The Labute approximate surface area is 97.9 Å². The highest BCUT2D eigenvalue weighted by atomic mass is 35.5. The lowest BCUT2D eigenvalue weighted by Gasteiger charge is -1.97. The van der Waals surface area contributed by atoms with Crippen molar-refractivity contribution in [2.24, 2.45) is 0 Å².